The molecule has 6 nitrogen and oxygen atoms in total. The maximum Gasteiger partial charge on any atom is 0.250 e. The molecule has 2 amide bonds. The number of pyridine rings is 1. The summed E-state index contributed by atoms with van der Waals surface area (Å²) in [5.41, 5.74) is 1.11. The van der Waals surface area contributed by atoms with Crippen molar-refractivity contribution < 1.29 is 9.59 Å². The van der Waals surface area contributed by atoms with Crippen LogP contribution in [0.2, 0.25) is 0 Å². The van der Waals surface area contributed by atoms with Crippen LogP contribution in [0.15, 0.2) is 59.5 Å². The van der Waals surface area contributed by atoms with Gasteiger partial charge in [-0.3, -0.25) is 14.4 Å². The number of amides is 2. The molecule has 0 spiro atoms. The quantitative estimate of drug-likeness (QED) is 0.790. The van der Waals surface area contributed by atoms with Crippen molar-refractivity contribution in [2.24, 2.45) is 5.92 Å². The zero-order valence-corrected chi connectivity index (χ0v) is 16.4. The first-order valence-corrected chi connectivity index (χ1v) is 10.4. The molecule has 2 fully saturated rings. The molecule has 152 valence electrons. The lowest BCUT2D eigenvalue weighted by molar-refractivity contribution is -0.126. The van der Waals surface area contributed by atoms with Gasteiger partial charge in [-0.2, -0.15) is 0 Å². The van der Waals surface area contributed by atoms with Crippen molar-refractivity contribution in [3.05, 3.63) is 70.6 Å². The molecule has 0 aliphatic heterocycles. The fourth-order valence-electron chi connectivity index (χ4n) is 4.24. The molecule has 2 N–H and O–H groups in total. The van der Waals surface area contributed by atoms with Gasteiger partial charge in [0, 0.05) is 36.2 Å². The number of benzene rings is 1. The van der Waals surface area contributed by atoms with E-state index in [1.165, 1.54) is 16.2 Å². The third-order valence-corrected chi connectivity index (χ3v) is 6.02. The molecule has 1 aromatic heterocycles. The third kappa shape index (κ3) is 4.94. The maximum atomic E-state index is 12.6. The summed E-state index contributed by atoms with van der Waals surface area (Å²) in [6.45, 7) is 0.0304. The van der Waals surface area contributed by atoms with E-state index in [4.69, 9.17) is 0 Å². The van der Waals surface area contributed by atoms with Crippen LogP contribution in [0.5, 0.6) is 0 Å². The highest BCUT2D eigenvalue weighted by molar-refractivity contribution is 5.80. The highest BCUT2D eigenvalue weighted by Crippen LogP contribution is 2.41. The van der Waals surface area contributed by atoms with Gasteiger partial charge in [0.2, 0.25) is 11.8 Å². The second kappa shape index (κ2) is 8.64. The van der Waals surface area contributed by atoms with Crippen LogP contribution in [0.4, 0.5) is 0 Å². The van der Waals surface area contributed by atoms with Crippen molar-refractivity contribution in [1.82, 2.24) is 15.2 Å². The van der Waals surface area contributed by atoms with Gasteiger partial charge in [-0.15, -0.1) is 0 Å². The van der Waals surface area contributed by atoms with Crippen LogP contribution in [0.25, 0.3) is 0 Å². The molecule has 2 aliphatic rings. The molecule has 0 saturated heterocycles. The minimum Gasteiger partial charge on any atom is -0.352 e. The average Bonchev–Trinajstić information content (AvgIpc) is 3.50. The van der Waals surface area contributed by atoms with E-state index < -0.39 is 0 Å². The predicted molar refractivity (Wildman–Crippen MR) is 110 cm³/mol. The Morgan fingerprint density at radius 3 is 2.38 bits per heavy atom. The van der Waals surface area contributed by atoms with Crippen molar-refractivity contribution in [3.8, 4) is 0 Å². The van der Waals surface area contributed by atoms with Crippen molar-refractivity contribution in [3.63, 3.8) is 0 Å². The Bertz CT molecular complexity index is 916. The van der Waals surface area contributed by atoms with E-state index in [0.717, 1.165) is 32.1 Å². The number of nitrogens with one attached hydrogen (secondary N) is 2. The Labute approximate surface area is 170 Å². The molecule has 2 atom stereocenters. The zero-order valence-electron chi connectivity index (χ0n) is 16.4. The first-order chi connectivity index (χ1) is 14.1. The summed E-state index contributed by atoms with van der Waals surface area (Å²) >= 11 is 0. The first kappa shape index (κ1) is 19.4. The summed E-state index contributed by atoms with van der Waals surface area (Å²) < 4.78 is 1.40. The molecule has 0 bridgehead atoms. The number of aromatic nitrogens is 1. The van der Waals surface area contributed by atoms with E-state index in [-0.39, 0.29) is 41.9 Å². The van der Waals surface area contributed by atoms with Crippen LogP contribution in [0.1, 0.15) is 43.6 Å². The van der Waals surface area contributed by atoms with Gasteiger partial charge in [-0.1, -0.05) is 36.4 Å². The van der Waals surface area contributed by atoms with E-state index in [2.05, 4.69) is 22.8 Å². The minimum absolute atomic E-state index is 0.0249. The topological polar surface area (TPSA) is 80.2 Å². The lowest BCUT2D eigenvalue weighted by Crippen LogP contribution is -2.43. The number of hydrogen-bond acceptors (Lipinski definition) is 3. The van der Waals surface area contributed by atoms with E-state index >= 15 is 0 Å². The van der Waals surface area contributed by atoms with E-state index in [0.29, 0.717) is 5.92 Å². The Kier molecular flexibility index (Phi) is 5.79. The van der Waals surface area contributed by atoms with Crippen LogP contribution >= 0.6 is 0 Å². The summed E-state index contributed by atoms with van der Waals surface area (Å²) in [6.07, 6.45) is 5.78. The van der Waals surface area contributed by atoms with Gasteiger partial charge in [0.1, 0.15) is 6.54 Å². The van der Waals surface area contributed by atoms with Gasteiger partial charge < -0.3 is 15.2 Å². The van der Waals surface area contributed by atoms with Crippen LogP contribution in [0, 0.1) is 5.92 Å². The van der Waals surface area contributed by atoms with E-state index in [1.54, 1.807) is 18.3 Å². The van der Waals surface area contributed by atoms with Gasteiger partial charge in [0.15, 0.2) is 0 Å². The fourth-order valence-corrected chi connectivity index (χ4v) is 4.24. The normalized spacial score (nSPS) is 25.8. The molecule has 6 heteroatoms. The number of carbonyl (C=O) groups excluding carboxylic acids is 2. The molecule has 2 aromatic rings. The minimum atomic E-state index is -0.183. The molecule has 2 saturated carbocycles. The number of carbonyl (C=O) groups is 2. The van der Waals surface area contributed by atoms with Crippen molar-refractivity contribution >= 4 is 11.8 Å². The van der Waals surface area contributed by atoms with Gasteiger partial charge in [-0.25, -0.2) is 0 Å². The second-order valence-electron chi connectivity index (χ2n) is 8.15. The Balaban J connectivity index is 1.19. The summed E-state index contributed by atoms with van der Waals surface area (Å²) in [7, 11) is 0. The summed E-state index contributed by atoms with van der Waals surface area (Å²) in [6, 6.07) is 15.5. The SMILES string of the molecule is O=C(Cn1ccccc1=O)NC1CCC(C(=O)N[C@@H]2C[C@H]2c2ccccc2)CC1. The molecular formula is C23H27N3O3. The number of hydrogen-bond donors (Lipinski definition) is 2. The smallest absolute Gasteiger partial charge is 0.250 e. The average molecular weight is 393 g/mol. The van der Waals surface area contributed by atoms with Crippen molar-refractivity contribution in [2.45, 2.75) is 56.7 Å². The fraction of sp³-hybridized carbons (Fsp3) is 0.435. The second-order valence-corrected chi connectivity index (χ2v) is 8.15. The summed E-state index contributed by atoms with van der Waals surface area (Å²) in [5.74, 6) is 0.456. The summed E-state index contributed by atoms with van der Waals surface area (Å²) in [5, 5.41) is 6.21. The van der Waals surface area contributed by atoms with Crippen LogP contribution < -0.4 is 16.2 Å². The number of rotatable bonds is 6. The largest absolute Gasteiger partial charge is 0.352 e. The third-order valence-electron chi connectivity index (χ3n) is 6.02. The molecule has 4 rings (SSSR count). The zero-order chi connectivity index (χ0) is 20.2. The highest BCUT2D eigenvalue weighted by Gasteiger charge is 2.40. The molecule has 0 radical (unpaired) electrons. The van der Waals surface area contributed by atoms with Gasteiger partial charge in [0.05, 0.1) is 0 Å². The molecule has 2 aliphatic carbocycles. The van der Waals surface area contributed by atoms with E-state index in [1.807, 2.05) is 18.2 Å². The van der Waals surface area contributed by atoms with Gasteiger partial charge >= 0.3 is 0 Å². The lowest BCUT2D eigenvalue weighted by atomic mass is 9.85. The van der Waals surface area contributed by atoms with E-state index in [9.17, 15) is 14.4 Å². The molecule has 1 aromatic carbocycles. The summed E-state index contributed by atoms with van der Waals surface area (Å²) in [4.78, 5) is 36.5. The molecule has 0 unspecified atom stereocenters. The standard InChI is InChI=1S/C23H27N3O3/c27-21(15-26-13-5-4-8-22(26)28)24-18-11-9-17(10-12-18)23(29)25-20-14-19(20)16-6-2-1-3-7-16/h1-8,13,17-20H,9-12,14-15H2,(H,24,27)(H,25,29)/t17?,18?,19-,20+/m0/s1. The monoisotopic (exact) mass is 393 g/mol. The predicted octanol–water partition coefficient (Wildman–Crippen LogP) is 2.20. The maximum absolute atomic E-state index is 12.6. The van der Waals surface area contributed by atoms with Crippen LogP contribution in [-0.2, 0) is 16.1 Å². The van der Waals surface area contributed by atoms with Gasteiger partial charge in [-0.05, 0) is 43.7 Å². The van der Waals surface area contributed by atoms with Crippen LogP contribution in [-0.4, -0.2) is 28.5 Å². The Morgan fingerprint density at radius 1 is 0.931 bits per heavy atom. The highest BCUT2D eigenvalue weighted by atomic mass is 16.2. The molecule has 1 heterocycles. The first-order valence-electron chi connectivity index (χ1n) is 10.4. The Morgan fingerprint density at radius 2 is 1.66 bits per heavy atom. The number of nitrogens with zero attached hydrogens (tertiary/aromatic N) is 1. The van der Waals surface area contributed by atoms with Crippen LogP contribution in [0.3, 0.4) is 0 Å². The molecule has 29 heavy (non-hydrogen) atoms. The van der Waals surface area contributed by atoms with Crippen molar-refractivity contribution in [1.29, 1.82) is 0 Å². The molecular weight excluding hydrogens is 366 g/mol. The lowest BCUT2D eigenvalue weighted by Gasteiger charge is -2.28. The Hall–Kier alpha value is -2.89. The van der Waals surface area contributed by atoms with Crippen molar-refractivity contribution in [2.75, 3.05) is 0 Å². The van der Waals surface area contributed by atoms with Gasteiger partial charge in [0.25, 0.3) is 5.56 Å².